The molecule has 2 nitrogen and oxygen atoms in total. The molecule has 1 atom stereocenters. The first kappa shape index (κ1) is 12.0. The molecule has 1 unspecified atom stereocenters. The summed E-state index contributed by atoms with van der Waals surface area (Å²) >= 11 is 0. The van der Waals surface area contributed by atoms with Crippen LogP contribution in [0.15, 0.2) is 0 Å². The molecule has 83 valence electrons. The smallest absolute Gasteiger partial charge is 0.0187 e. The number of piperidine rings is 1. The van der Waals surface area contributed by atoms with E-state index in [1.807, 2.05) is 6.92 Å². The molecule has 0 spiro atoms. The van der Waals surface area contributed by atoms with Crippen LogP contribution in [0.25, 0.3) is 0 Å². The summed E-state index contributed by atoms with van der Waals surface area (Å²) in [7, 11) is 0. The highest BCUT2D eigenvalue weighted by Crippen LogP contribution is 2.34. The van der Waals surface area contributed by atoms with Crippen molar-refractivity contribution in [1.82, 2.24) is 11.1 Å². The number of rotatable bonds is 2. The van der Waals surface area contributed by atoms with E-state index in [0.717, 1.165) is 6.42 Å². The first-order valence-electron chi connectivity index (χ1n) is 5.71. The van der Waals surface area contributed by atoms with Crippen molar-refractivity contribution >= 4 is 0 Å². The molecule has 14 heavy (non-hydrogen) atoms. The van der Waals surface area contributed by atoms with Gasteiger partial charge in [0.2, 0.25) is 0 Å². The molecule has 1 aliphatic heterocycles. The Kier molecular flexibility index (Phi) is 3.27. The first-order chi connectivity index (χ1) is 6.20. The molecule has 2 N–H and O–H groups in total. The summed E-state index contributed by atoms with van der Waals surface area (Å²) in [6.45, 7) is 11.1. The van der Waals surface area contributed by atoms with Gasteiger partial charge in [0.25, 0.3) is 0 Å². The van der Waals surface area contributed by atoms with Gasteiger partial charge < -0.3 is 5.32 Å². The number of hydrogen-bond donors (Lipinski definition) is 1. The van der Waals surface area contributed by atoms with Gasteiger partial charge in [-0.05, 0) is 59.8 Å². The third kappa shape index (κ3) is 3.58. The van der Waals surface area contributed by atoms with Crippen LogP contribution in [-0.2, 0) is 0 Å². The van der Waals surface area contributed by atoms with Crippen LogP contribution in [-0.4, -0.2) is 17.1 Å². The minimum Gasteiger partial charge on any atom is -0.307 e. The van der Waals surface area contributed by atoms with Gasteiger partial charge in [0.15, 0.2) is 0 Å². The highest BCUT2D eigenvalue weighted by atomic mass is 15.0. The fourth-order valence-electron chi connectivity index (χ4n) is 3.20. The standard InChI is InChI=1S/C12H25N2/c1-9(13)6-10-7-11(2,3)14-12(4,5)8-10/h9-10,13-14H,6-8H2,1-5H3. The molecule has 1 fully saturated rings. The Bertz CT molecular complexity index is 178. The minimum absolute atomic E-state index is 0.0877. The summed E-state index contributed by atoms with van der Waals surface area (Å²) < 4.78 is 0. The van der Waals surface area contributed by atoms with E-state index in [-0.39, 0.29) is 17.1 Å². The van der Waals surface area contributed by atoms with Crippen LogP contribution in [0.4, 0.5) is 0 Å². The topological polar surface area (TPSA) is 35.8 Å². The van der Waals surface area contributed by atoms with Crippen LogP contribution in [0.5, 0.6) is 0 Å². The summed E-state index contributed by atoms with van der Waals surface area (Å²) in [5.74, 6) is 0.716. The molecule has 0 saturated carbocycles. The Morgan fingerprint density at radius 1 is 1.21 bits per heavy atom. The lowest BCUT2D eigenvalue weighted by molar-refractivity contribution is 0.120. The predicted molar refractivity (Wildman–Crippen MR) is 61.2 cm³/mol. The predicted octanol–water partition coefficient (Wildman–Crippen LogP) is 2.60. The van der Waals surface area contributed by atoms with Crippen molar-refractivity contribution < 1.29 is 0 Å². The zero-order valence-electron chi connectivity index (χ0n) is 10.3. The highest BCUT2D eigenvalue weighted by molar-refractivity contribution is 4.97. The van der Waals surface area contributed by atoms with Gasteiger partial charge in [-0.2, -0.15) is 0 Å². The van der Waals surface area contributed by atoms with E-state index in [4.69, 9.17) is 5.73 Å². The van der Waals surface area contributed by atoms with Gasteiger partial charge in [0, 0.05) is 17.1 Å². The average Bonchev–Trinajstić information content (AvgIpc) is 1.74. The zero-order valence-corrected chi connectivity index (χ0v) is 10.3. The van der Waals surface area contributed by atoms with Gasteiger partial charge in [0.05, 0.1) is 0 Å². The molecule has 0 aliphatic carbocycles. The molecule has 0 aromatic heterocycles. The Balaban J connectivity index is 2.62. The molecular weight excluding hydrogens is 172 g/mol. The number of hydrogen-bond acceptors (Lipinski definition) is 1. The van der Waals surface area contributed by atoms with Crippen molar-refractivity contribution in [3.05, 3.63) is 0 Å². The van der Waals surface area contributed by atoms with Gasteiger partial charge >= 0.3 is 0 Å². The maximum atomic E-state index is 7.65. The molecule has 0 aromatic rings. The molecular formula is C12H25N2. The minimum atomic E-state index is 0.0877. The Labute approximate surface area is 88.6 Å². The lowest BCUT2D eigenvalue weighted by atomic mass is 9.74. The molecule has 1 radical (unpaired) electrons. The summed E-state index contributed by atoms with van der Waals surface area (Å²) in [6.07, 6.45) is 3.47. The lowest BCUT2D eigenvalue weighted by Crippen LogP contribution is -2.58. The average molecular weight is 197 g/mol. The second-order valence-corrected chi connectivity index (χ2v) is 6.30. The van der Waals surface area contributed by atoms with E-state index in [1.54, 1.807) is 0 Å². The number of nitrogens with one attached hydrogen (secondary N) is 2. The first-order valence-corrected chi connectivity index (χ1v) is 5.71. The van der Waals surface area contributed by atoms with Crippen molar-refractivity contribution in [1.29, 1.82) is 0 Å². The third-order valence-electron chi connectivity index (χ3n) is 2.96. The van der Waals surface area contributed by atoms with Crippen molar-refractivity contribution in [2.45, 2.75) is 71.0 Å². The molecule has 1 aliphatic rings. The third-order valence-corrected chi connectivity index (χ3v) is 2.96. The van der Waals surface area contributed by atoms with Crippen LogP contribution in [0, 0.1) is 5.92 Å². The Hall–Kier alpha value is -0.0800. The Morgan fingerprint density at radius 3 is 2.00 bits per heavy atom. The van der Waals surface area contributed by atoms with Gasteiger partial charge in [-0.3, -0.25) is 5.73 Å². The quantitative estimate of drug-likeness (QED) is 0.725. The van der Waals surface area contributed by atoms with Gasteiger partial charge in [-0.15, -0.1) is 0 Å². The summed E-state index contributed by atoms with van der Waals surface area (Å²) in [6, 6.07) is 0.0877. The molecule has 2 heteroatoms. The van der Waals surface area contributed by atoms with Crippen LogP contribution in [0.2, 0.25) is 0 Å². The maximum absolute atomic E-state index is 7.65. The van der Waals surface area contributed by atoms with E-state index in [1.165, 1.54) is 12.8 Å². The molecule has 1 heterocycles. The molecule has 0 bridgehead atoms. The lowest BCUT2D eigenvalue weighted by Gasteiger charge is -2.47. The van der Waals surface area contributed by atoms with Crippen molar-refractivity contribution in [3.63, 3.8) is 0 Å². The van der Waals surface area contributed by atoms with E-state index < -0.39 is 0 Å². The van der Waals surface area contributed by atoms with Gasteiger partial charge in [-0.25, -0.2) is 0 Å². The highest BCUT2D eigenvalue weighted by Gasteiger charge is 2.37. The SMILES string of the molecule is CC([NH])CC1CC(C)(C)NC(C)(C)C1. The van der Waals surface area contributed by atoms with Crippen LogP contribution in [0.3, 0.4) is 0 Å². The fraction of sp³-hybridized carbons (Fsp3) is 1.00. The van der Waals surface area contributed by atoms with Crippen LogP contribution >= 0.6 is 0 Å². The van der Waals surface area contributed by atoms with E-state index >= 15 is 0 Å². The summed E-state index contributed by atoms with van der Waals surface area (Å²) in [5.41, 5.74) is 8.13. The van der Waals surface area contributed by atoms with E-state index in [9.17, 15) is 0 Å². The normalized spacial score (nSPS) is 28.7. The van der Waals surface area contributed by atoms with E-state index in [0.29, 0.717) is 5.92 Å². The maximum Gasteiger partial charge on any atom is 0.0187 e. The monoisotopic (exact) mass is 197 g/mol. The van der Waals surface area contributed by atoms with Gasteiger partial charge in [0.1, 0.15) is 0 Å². The summed E-state index contributed by atoms with van der Waals surface area (Å²) in [4.78, 5) is 0. The summed E-state index contributed by atoms with van der Waals surface area (Å²) in [5, 5.41) is 3.67. The van der Waals surface area contributed by atoms with Crippen molar-refractivity contribution in [2.75, 3.05) is 0 Å². The van der Waals surface area contributed by atoms with Crippen molar-refractivity contribution in [3.8, 4) is 0 Å². The second kappa shape index (κ2) is 3.82. The zero-order chi connectivity index (χ0) is 11.0. The van der Waals surface area contributed by atoms with Crippen molar-refractivity contribution in [2.24, 2.45) is 5.92 Å². The van der Waals surface area contributed by atoms with E-state index in [2.05, 4.69) is 33.0 Å². The molecule has 0 amide bonds. The largest absolute Gasteiger partial charge is 0.307 e. The van der Waals surface area contributed by atoms with Gasteiger partial charge in [-0.1, -0.05) is 0 Å². The molecule has 1 rings (SSSR count). The fourth-order valence-corrected chi connectivity index (χ4v) is 3.20. The van der Waals surface area contributed by atoms with Crippen LogP contribution < -0.4 is 11.1 Å². The van der Waals surface area contributed by atoms with Crippen LogP contribution in [0.1, 0.15) is 53.9 Å². The molecule has 0 aromatic carbocycles. The molecule has 1 saturated heterocycles. The Morgan fingerprint density at radius 2 is 1.64 bits per heavy atom. The second-order valence-electron chi connectivity index (χ2n) is 6.30.